The number of halogens is 1. The molecule has 0 spiro atoms. The summed E-state index contributed by atoms with van der Waals surface area (Å²) in [6.45, 7) is 3.58. The van der Waals surface area contributed by atoms with Crippen LogP contribution in [0.4, 0.5) is 5.69 Å². The van der Waals surface area contributed by atoms with Crippen molar-refractivity contribution in [1.29, 1.82) is 0 Å². The Morgan fingerprint density at radius 1 is 1.28 bits per heavy atom. The maximum atomic E-state index is 12.3. The molecule has 25 heavy (non-hydrogen) atoms. The van der Waals surface area contributed by atoms with Gasteiger partial charge >= 0.3 is 0 Å². The van der Waals surface area contributed by atoms with Crippen molar-refractivity contribution >= 4 is 23.2 Å². The van der Waals surface area contributed by atoms with Crippen LogP contribution in [-0.4, -0.2) is 32.2 Å². The number of carbonyl (C=O) groups is 1. The second-order valence-electron chi connectivity index (χ2n) is 5.44. The molecule has 8 heteroatoms. The molecule has 2 aromatic carbocycles. The van der Waals surface area contributed by atoms with Crippen molar-refractivity contribution in [2.75, 3.05) is 5.32 Å². The van der Waals surface area contributed by atoms with Crippen molar-refractivity contribution < 1.29 is 9.53 Å². The Balaban J connectivity index is 1.68. The molecule has 1 aromatic heterocycles. The summed E-state index contributed by atoms with van der Waals surface area (Å²) in [5, 5.41) is 14.4. The molecule has 0 aliphatic heterocycles. The van der Waals surface area contributed by atoms with E-state index in [0.717, 1.165) is 11.3 Å². The van der Waals surface area contributed by atoms with Gasteiger partial charge in [0, 0.05) is 5.69 Å². The van der Waals surface area contributed by atoms with Crippen molar-refractivity contribution in [2.45, 2.75) is 20.0 Å². The molecular formula is C17H16ClN5O2. The van der Waals surface area contributed by atoms with Gasteiger partial charge in [0.05, 0.1) is 10.7 Å². The summed E-state index contributed by atoms with van der Waals surface area (Å²) >= 11 is 6.05. The zero-order valence-corrected chi connectivity index (χ0v) is 14.4. The highest BCUT2D eigenvalue weighted by Crippen LogP contribution is 2.24. The molecule has 0 bridgehead atoms. The molecule has 1 heterocycles. The number of anilines is 1. The number of nitrogens with one attached hydrogen (secondary N) is 1. The molecule has 3 rings (SSSR count). The predicted molar refractivity (Wildman–Crippen MR) is 94.1 cm³/mol. The number of carbonyl (C=O) groups excluding carboxylic acids is 1. The van der Waals surface area contributed by atoms with Gasteiger partial charge < -0.3 is 10.1 Å². The molecule has 128 valence electrons. The molecular weight excluding hydrogens is 342 g/mol. The molecule has 7 nitrogen and oxygen atoms in total. The standard InChI is InChI=1S/C17H16ClN5O2/c1-11-9-13(7-8-15(11)23-10-19-21-22-23)20-17(24)12(2)25-16-6-4-3-5-14(16)18/h3-10,12H,1-2H3,(H,20,24). The smallest absolute Gasteiger partial charge is 0.265 e. The summed E-state index contributed by atoms with van der Waals surface area (Å²) in [6.07, 6.45) is 0.819. The first-order chi connectivity index (χ1) is 12.0. The van der Waals surface area contributed by atoms with Crippen LogP contribution in [0.5, 0.6) is 5.75 Å². The lowest BCUT2D eigenvalue weighted by atomic mass is 10.1. The van der Waals surface area contributed by atoms with E-state index in [1.54, 1.807) is 41.9 Å². The molecule has 3 aromatic rings. The second-order valence-corrected chi connectivity index (χ2v) is 5.84. The summed E-state index contributed by atoms with van der Waals surface area (Å²) in [5.74, 6) is 0.200. The minimum Gasteiger partial charge on any atom is -0.479 e. The molecule has 1 N–H and O–H groups in total. The van der Waals surface area contributed by atoms with Gasteiger partial charge in [0.25, 0.3) is 5.91 Å². The van der Waals surface area contributed by atoms with Crippen LogP contribution in [0.15, 0.2) is 48.8 Å². The number of benzene rings is 2. The van der Waals surface area contributed by atoms with E-state index >= 15 is 0 Å². The van der Waals surface area contributed by atoms with E-state index < -0.39 is 6.10 Å². The Morgan fingerprint density at radius 2 is 2.08 bits per heavy atom. The van der Waals surface area contributed by atoms with Gasteiger partial charge in [-0.25, -0.2) is 4.68 Å². The minimum absolute atomic E-state index is 0.269. The van der Waals surface area contributed by atoms with Crippen LogP contribution in [0.1, 0.15) is 12.5 Å². The number of tetrazole rings is 1. The number of hydrogen-bond donors (Lipinski definition) is 1. The third kappa shape index (κ3) is 3.95. The maximum Gasteiger partial charge on any atom is 0.265 e. The summed E-state index contributed by atoms with van der Waals surface area (Å²) in [5.41, 5.74) is 2.42. The molecule has 0 saturated carbocycles. The fourth-order valence-electron chi connectivity index (χ4n) is 2.29. The molecule has 0 aliphatic carbocycles. The Bertz CT molecular complexity index is 883. The first-order valence-corrected chi connectivity index (χ1v) is 7.98. The first kappa shape index (κ1) is 16.9. The monoisotopic (exact) mass is 357 g/mol. The van der Waals surface area contributed by atoms with Gasteiger partial charge in [-0.05, 0) is 60.2 Å². The van der Waals surface area contributed by atoms with E-state index in [0.29, 0.717) is 16.5 Å². The molecule has 0 fully saturated rings. The fourth-order valence-corrected chi connectivity index (χ4v) is 2.47. The number of hydrogen-bond acceptors (Lipinski definition) is 5. The highest BCUT2D eigenvalue weighted by molar-refractivity contribution is 6.32. The minimum atomic E-state index is -0.695. The first-order valence-electron chi connectivity index (χ1n) is 7.60. The Hall–Kier alpha value is -2.93. The van der Waals surface area contributed by atoms with E-state index in [4.69, 9.17) is 16.3 Å². The molecule has 0 aliphatic rings. The maximum absolute atomic E-state index is 12.3. The SMILES string of the molecule is Cc1cc(NC(=O)C(C)Oc2ccccc2Cl)ccc1-n1cnnn1. The molecule has 1 unspecified atom stereocenters. The van der Waals surface area contributed by atoms with E-state index in [2.05, 4.69) is 20.8 Å². The van der Waals surface area contributed by atoms with Crippen molar-refractivity contribution in [3.05, 3.63) is 59.4 Å². The normalized spacial score (nSPS) is 11.8. The zero-order valence-electron chi connectivity index (χ0n) is 13.7. The summed E-state index contributed by atoms with van der Waals surface area (Å²) in [4.78, 5) is 12.3. The van der Waals surface area contributed by atoms with Crippen LogP contribution in [0.2, 0.25) is 5.02 Å². The summed E-state index contributed by atoms with van der Waals surface area (Å²) in [7, 11) is 0. The van der Waals surface area contributed by atoms with Crippen LogP contribution < -0.4 is 10.1 Å². The van der Waals surface area contributed by atoms with Crippen molar-refractivity contribution in [3.8, 4) is 11.4 Å². The lowest BCUT2D eigenvalue weighted by Gasteiger charge is -2.16. The number of ether oxygens (including phenoxy) is 1. The quantitative estimate of drug-likeness (QED) is 0.759. The Labute approximate surface area is 149 Å². The van der Waals surface area contributed by atoms with Crippen LogP contribution in [-0.2, 0) is 4.79 Å². The van der Waals surface area contributed by atoms with Crippen LogP contribution in [0.3, 0.4) is 0 Å². The number of para-hydroxylation sites is 1. The number of rotatable bonds is 5. The largest absolute Gasteiger partial charge is 0.479 e. The van der Waals surface area contributed by atoms with E-state index in [9.17, 15) is 4.79 Å². The van der Waals surface area contributed by atoms with Gasteiger partial charge in [-0.3, -0.25) is 4.79 Å². The lowest BCUT2D eigenvalue weighted by Crippen LogP contribution is -2.30. The molecule has 1 atom stereocenters. The third-order valence-corrected chi connectivity index (χ3v) is 3.88. The van der Waals surface area contributed by atoms with Crippen LogP contribution in [0, 0.1) is 6.92 Å². The highest BCUT2D eigenvalue weighted by Gasteiger charge is 2.16. The second kappa shape index (κ2) is 7.31. The van der Waals surface area contributed by atoms with Crippen molar-refractivity contribution in [2.24, 2.45) is 0 Å². The lowest BCUT2D eigenvalue weighted by molar-refractivity contribution is -0.122. The fraction of sp³-hybridized carbons (Fsp3) is 0.176. The topological polar surface area (TPSA) is 81.9 Å². The van der Waals surface area contributed by atoms with E-state index in [1.165, 1.54) is 6.33 Å². The van der Waals surface area contributed by atoms with Gasteiger partial charge in [-0.15, -0.1) is 5.10 Å². The predicted octanol–water partition coefficient (Wildman–Crippen LogP) is 3.03. The number of nitrogens with zero attached hydrogens (tertiary/aromatic N) is 4. The molecule has 0 saturated heterocycles. The van der Waals surface area contributed by atoms with Gasteiger partial charge in [-0.2, -0.15) is 0 Å². The number of aromatic nitrogens is 4. The number of aryl methyl sites for hydroxylation is 1. The van der Waals surface area contributed by atoms with Gasteiger partial charge in [0.2, 0.25) is 0 Å². The van der Waals surface area contributed by atoms with Gasteiger partial charge in [0.1, 0.15) is 12.1 Å². The molecule has 0 radical (unpaired) electrons. The number of amides is 1. The zero-order chi connectivity index (χ0) is 17.8. The van der Waals surface area contributed by atoms with Gasteiger partial charge in [0.15, 0.2) is 6.10 Å². The Morgan fingerprint density at radius 3 is 2.76 bits per heavy atom. The van der Waals surface area contributed by atoms with Crippen LogP contribution >= 0.6 is 11.6 Å². The molecule has 1 amide bonds. The summed E-state index contributed by atoms with van der Waals surface area (Å²) < 4.78 is 7.18. The summed E-state index contributed by atoms with van der Waals surface area (Å²) in [6, 6.07) is 12.5. The average molecular weight is 358 g/mol. The highest BCUT2D eigenvalue weighted by atomic mass is 35.5. The van der Waals surface area contributed by atoms with E-state index in [-0.39, 0.29) is 5.91 Å². The Kier molecular flexibility index (Phi) is 4.95. The average Bonchev–Trinajstić information content (AvgIpc) is 3.11. The van der Waals surface area contributed by atoms with Crippen molar-refractivity contribution in [3.63, 3.8) is 0 Å². The van der Waals surface area contributed by atoms with Crippen LogP contribution in [0.25, 0.3) is 5.69 Å². The van der Waals surface area contributed by atoms with Gasteiger partial charge in [-0.1, -0.05) is 23.7 Å². The van der Waals surface area contributed by atoms with Crippen molar-refractivity contribution in [1.82, 2.24) is 20.2 Å². The third-order valence-electron chi connectivity index (χ3n) is 3.57. The van der Waals surface area contributed by atoms with E-state index in [1.807, 2.05) is 19.1 Å².